The Morgan fingerprint density at radius 3 is 2.63 bits per heavy atom. The highest BCUT2D eigenvalue weighted by atomic mass is 35.5. The van der Waals surface area contributed by atoms with Crippen molar-refractivity contribution in [1.82, 2.24) is 14.7 Å². The lowest BCUT2D eigenvalue weighted by Crippen LogP contribution is -2.23. The minimum Gasteiger partial charge on any atom is -0.348 e. The fraction of sp³-hybridized carbons (Fsp3) is 0.0476. The number of amides is 1. The molecule has 1 N–H and O–H groups in total. The quantitative estimate of drug-likeness (QED) is 0.507. The summed E-state index contributed by atoms with van der Waals surface area (Å²) >= 11 is 5.93. The molecule has 0 aliphatic rings. The molecule has 0 atom stereocenters. The first-order chi connectivity index (χ1) is 14.3. The molecule has 0 aliphatic carbocycles. The van der Waals surface area contributed by atoms with Gasteiger partial charge in [-0.25, -0.2) is 17.8 Å². The summed E-state index contributed by atoms with van der Waals surface area (Å²) in [5.41, 5.74) is 1.92. The Labute approximate surface area is 176 Å². The molecule has 0 fully saturated rings. The van der Waals surface area contributed by atoms with Gasteiger partial charge in [0.25, 0.3) is 5.91 Å². The molecule has 0 aliphatic heterocycles. The largest absolute Gasteiger partial charge is 0.348 e. The number of carbonyl (C=O) groups excluding carboxylic acids is 1. The first kappa shape index (κ1) is 20.1. The third-order valence-corrected chi connectivity index (χ3v) is 6.77. The van der Waals surface area contributed by atoms with Crippen LogP contribution in [0.5, 0.6) is 0 Å². The Hall–Kier alpha value is -3.23. The van der Waals surface area contributed by atoms with Crippen molar-refractivity contribution in [3.05, 3.63) is 95.2 Å². The molecule has 1 amide bonds. The lowest BCUT2D eigenvalue weighted by atomic mass is 10.2. The van der Waals surface area contributed by atoms with Crippen molar-refractivity contribution >= 4 is 33.0 Å². The summed E-state index contributed by atoms with van der Waals surface area (Å²) in [7, 11) is -3.97. The summed E-state index contributed by atoms with van der Waals surface area (Å²) in [4.78, 5) is 16.2. The van der Waals surface area contributed by atoms with Crippen molar-refractivity contribution in [2.75, 3.05) is 0 Å². The highest BCUT2D eigenvalue weighted by Crippen LogP contribution is 2.28. The fourth-order valence-electron chi connectivity index (χ4n) is 2.94. The summed E-state index contributed by atoms with van der Waals surface area (Å²) in [5, 5.41) is 2.73. The smallest absolute Gasteiger partial charge is 0.253 e. The van der Waals surface area contributed by atoms with Crippen LogP contribution in [0.4, 0.5) is 4.39 Å². The molecule has 2 heterocycles. The van der Waals surface area contributed by atoms with Crippen LogP contribution in [0, 0.1) is 5.82 Å². The zero-order valence-electron chi connectivity index (χ0n) is 15.4. The molecule has 9 heteroatoms. The third kappa shape index (κ3) is 3.92. The van der Waals surface area contributed by atoms with Gasteiger partial charge in [0.05, 0.1) is 20.4 Å². The van der Waals surface area contributed by atoms with E-state index in [2.05, 4.69) is 10.3 Å². The average Bonchev–Trinajstić information content (AvgIpc) is 3.22. The van der Waals surface area contributed by atoms with Crippen LogP contribution in [0.2, 0.25) is 5.02 Å². The van der Waals surface area contributed by atoms with Gasteiger partial charge in [-0.3, -0.25) is 4.79 Å². The van der Waals surface area contributed by atoms with Gasteiger partial charge in [-0.2, -0.15) is 0 Å². The predicted molar refractivity (Wildman–Crippen MR) is 110 cm³/mol. The van der Waals surface area contributed by atoms with Crippen LogP contribution in [0.1, 0.15) is 15.9 Å². The minimum atomic E-state index is -3.97. The van der Waals surface area contributed by atoms with Gasteiger partial charge in [-0.1, -0.05) is 23.7 Å². The van der Waals surface area contributed by atoms with Gasteiger partial charge in [0, 0.05) is 25.1 Å². The number of pyridine rings is 1. The molecule has 0 spiro atoms. The lowest BCUT2D eigenvalue weighted by Gasteiger charge is -2.09. The second-order valence-corrected chi connectivity index (χ2v) is 8.84. The maximum atomic E-state index is 13.5. The van der Waals surface area contributed by atoms with Gasteiger partial charge in [-0.05, 0) is 48.0 Å². The van der Waals surface area contributed by atoms with Crippen LogP contribution in [-0.4, -0.2) is 23.7 Å². The fourth-order valence-corrected chi connectivity index (χ4v) is 4.70. The van der Waals surface area contributed by atoms with Crippen LogP contribution < -0.4 is 5.32 Å². The molecule has 2 aromatic heterocycles. The van der Waals surface area contributed by atoms with Crippen molar-refractivity contribution < 1.29 is 17.6 Å². The zero-order chi connectivity index (χ0) is 21.3. The predicted octanol–water partition coefficient (Wildman–Crippen LogP) is 3.89. The molecule has 0 saturated heterocycles. The first-order valence-electron chi connectivity index (χ1n) is 8.84. The normalized spacial score (nSPS) is 11.5. The van der Waals surface area contributed by atoms with Gasteiger partial charge >= 0.3 is 0 Å². The van der Waals surface area contributed by atoms with Gasteiger partial charge in [0.2, 0.25) is 9.84 Å². The summed E-state index contributed by atoms with van der Waals surface area (Å²) < 4.78 is 40.7. The number of nitrogens with one attached hydrogen (secondary N) is 1. The zero-order valence-corrected chi connectivity index (χ0v) is 17.0. The highest BCUT2D eigenvalue weighted by Gasteiger charge is 2.21. The van der Waals surface area contributed by atoms with Crippen LogP contribution in [-0.2, 0) is 16.4 Å². The van der Waals surface area contributed by atoms with E-state index in [4.69, 9.17) is 11.6 Å². The number of rotatable bonds is 5. The van der Waals surface area contributed by atoms with E-state index >= 15 is 0 Å². The Morgan fingerprint density at radius 1 is 1.10 bits per heavy atom. The molecule has 0 bridgehead atoms. The topological polar surface area (TPSA) is 80.5 Å². The van der Waals surface area contributed by atoms with Crippen molar-refractivity contribution in [2.24, 2.45) is 0 Å². The van der Waals surface area contributed by atoms with Gasteiger partial charge in [-0.15, -0.1) is 0 Å². The van der Waals surface area contributed by atoms with E-state index in [1.807, 2.05) is 0 Å². The second-order valence-electron chi connectivity index (χ2n) is 6.52. The molecule has 152 valence electrons. The van der Waals surface area contributed by atoms with Crippen molar-refractivity contribution in [2.45, 2.75) is 16.3 Å². The Balaban J connectivity index is 1.48. The molecule has 2 aromatic carbocycles. The monoisotopic (exact) mass is 443 g/mol. The number of fused-ring (bicyclic) bond motifs is 1. The van der Waals surface area contributed by atoms with Crippen molar-refractivity contribution in [3.63, 3.8) is 0 Å². The van der Waals surface area contributed by atoms with E-state index in [0.29, 0.717) is 11.1 Å². The third-order valence-electron chi connectivity index (χ3n) is 4.52. The molecule has 30 heavy (non-hydrogen) atoms. The number of hydrogen-bond donors (Lipinski definition) is 1. The summed E-state index contributed by atoms with van der Waals surface area (Å²) in [5.74, 6) is -0.958. The van der Waals surface area contributed by atoms with E-state index in [1.165, 1.54) is 18.2 Å². The summed E-state index contributed by atoms with van der Waals surface area (Å²) in [6.07, 6.45) is 5.07. The Kier molecular flexibility index (Phi) is 5.27. The molecular formula is C21H15ClFN3O3S. The van der Waals surface area contributed by atoms with Gasteiger partial charge in [0.15, 0.2) is 0 Å². The number of nitrogens with zero attached hydrogens (tertiary/aromatic N) is 2. The molecular weight excluding hydrogens is 429 g/mol. The van der Waals surface area contributed by atoms with E-state index < -0.39 is 15.7 Å². The average molecular weight is 444 g/mol. The number of halogens is 2. The summed E-state index contributed by atoms with van der Waals surface area (Å²) in [6.45, 7) is 0.210. The maximum Gasteiger partial charge on any atom is 0.253 e. The van der Waals surface area contributed by atoms with Crippen LogP contribution >= 0.6 is 11.6 Å². The first-order valence-corrected chi connectivity index (χ1v) is 10.7. The van der Waals surface area contributed by atoms with E-state index in [-0.39, 0.29) is 27.3 Å². The lowest BCUT2D eigenvalue weighted by molar-refractivity contribution is 0.0950. The number of aromatic nitrogens is 2. The number of imidazole rings is 1. The number of hydrogen-bond acceptors (Lipinski definition) is 4. The van der Waals surface area contributed by atoms with Crippen molar-refractivity contribution in [3.8, 4) is 0 Å². The maximum absolute atomic E-state index is 13.5. The second kappa shape index (κ2) is 7.89. The van der Waals surface area contributed by atoms with Crippen LogP contribution in [0.25, 0.3) is 5.65 Å². The standard InChI is InChI=1S/C21H15ClFN3O3S/c22-18-7-4-16(23)11-19(18)30(28,29)17-5-1-14(2-6-17)12-25-21(27)15-3-8-20-24-9-10-26(20)13-15/h1-11,13H,12H2,(H,25,27). The SMILES string of the molecule is O=C(NCc1ccc(S(=O)(=O)c2cc(F)ccc2Cl)cc1)c1ccc2nccn2c1. The molecule has 6 nitrogen and oxygen atoms in total. The molecule has 0 radical (unpaired) electrons. The number of benzene rings is 2. The van der Waals surface area contributed by atoms with Gasteiger partial charge < -0.3 is 9.72 Å². The van der Waals surface area contributed by atoms with E-state index in [0.717, 1.165) is 17.8 Å². The highest BCUT2D eigenvalue weighted by molar-refractivity contribution is 7.91. The van der Waals surface area contributed by atoms with Gasteiger partial charge in [0.1, 0.15) is 11.5 Å². The minimum absolute atomic E-state index is 0.0179. The van der Waals surface area contributed by atoms with Crippen LogP contribution in [0.3, 0.4) is 0 Å². The number of sulfone groups is 1. The van der Waals surface area contributed by atoms with E-state index in [9.17, 15) is 17.6 Å². The van der Waals surface area contributed by atoms with Crippen molar-refractivity contribution in [1.29, 1.82) is 0 Å². The molecule has 4 rings (SSSR count). The van der Waals surface area contributed by atoms with E-state index in [1.54, 1.807) is 47.3 Å². The molecule has 0 unspecified atom stereocenters. The summed E-state index contributed by atoms with van der Waals surface area (Å²) in [6, 6.07) is 12.6. The Morgan fingerprint density at radius 2 is 1.87 bits per heavy atom. The van der Waals surface area contributed by atoms with Crippen LogP contribution in [0.15, 0.2) is 83.0 Å². The number of carbonyl (C=O) groups is 1. The molecule has 4 aromatic rings. The molecule has 0 saturated carbocycles. The Bertz CT molecular complexity index is 1350.